The first kappa shape index (κ1) is 11.8. The summed E-state index contributed by atoms with van der Waals surface area (Å²) in [5.41, 5.74) is 5.95. The van der Waals surface area contributed by atoms with Crippen molar-refractivity contribution in [1.29, 1.82) is 5.41 Å². The van der Waals surface area contributed by atoms with Crippen molar-refractivity contribution < 1.29 is 0 Å². The van der Waals surface area contributed by atoms with Crippen molar-refractivity contribution in [3.8, 4) is 0 Å². The lowest BCUT2D eigenvalue weighted by Crippen LogP contribution is -2.29. The van der Waals surface area contributed by atoms with Crippen molar-refractivity contribution in [2.75, 3.05) is 18.0 Å². The Morgan fingerprint density at radius 1 is 1.18 bits per heavy atom. The van der Waals surface area contributed by atoms with Gasteiger partial charge in [0.25, 0.3) is 0 Å². The first-order chi connectivity index (χ1) is 8.27. The van der Waals surface area contributed by atoms with Gasteiger partial charge < -0.3 is 10.6 Å². The molecule has 1 aliphatic rings. The molecule has 1 aromatic heterocycles. The van der Waals surface area contributed by atoms with E-state index in [1.54, 1.807) is 12.3 Å². The number of amidine groups is 1. The third-order valence-electron chi connectivity index (χ3n) is 3.06. The molecule has 0 amide bonds. The van der Waals surface area contributed by atoms with E-state index in [0.717, 1.165) is 13.1 Å². The Kier molecular flexibility index (Phi) is 3.90. The van der Waals surface area contributed by atoms with Crippen LogP contribution in [0.4, 0.5) is 5.95 Å². The highest BCUT2D eigenvalue weighted by Crippen LogP contribution is 2.15. The van der Waals surface area contributed by atoms with Crippen LogP contribution in [0.5, 0.6) is 0 Å². The first-order valence-electron chi connectivity index (χ1n) is 6.20. The fourth-order valence-electron chi connectivity index (χ4n) is 2.10. The van der Waals surface area contributed by atoms with Crippen LogP contribution in [-0.2, 0) is 0 Å². The molecule has 1 aliphatic heterocycles. The van der Waals surface area contributed by atoms with Crippen LogP contribution in [0.3, 0.4) is 0 Å². The van der Waals surface area contributed by atoms with E-state index in [1.807, 2.05) is 0 Å². The molecule has 1 fully saturated rings. The Labute approximate surface area is 102 Å². The van der Waals surface area contributed by atoms with Crippen molar-refractivity contribution in [2.45, 2.75) is 32.1 Å². The van der Waals surface area contributed by atoms with Gasteiger partial charge in [0.15, 0.2) is 0 Å². The molecule has 2 rings (SSSR count). The van der Waals surface area contributed by atoms with Crippen LogP contribution < -0.4 is 10.6 Å². The van der Waals surface area contributed by atoms with Crippen LogP contribution in [0.15, 0.2) is 12.3 Å². The molecule has 1 aromatic rings. The van der Waals surface area contributed by atoms with E-state index in [0.29, 0.717) is 11.6 Å². The second-order valence-electron chi connectivity index (χ2n) is 4.41. The number of hydrogen-bond acceptors (Lipinski definition) is 4. The fourth-order valence-corrected chi connectivity index (χ4v) is 2.10. The maximum Gasteiger partial charge on any atom is 0.225 e. The van der Waals surface area contributed by atoms with Gasteiger partial charge in [-0.3, -0.25) is 5.41 Å². The van der Waals surface area contributed by atoms with Gasteiger partial charge in [0, 0.05) is 19.3 Å². The van der Waals surface area contributed by atoms with E-state index in [2.05, 4.69) is 14.9 Å². The summed E-state index contributed by atoms with van der Waals surface area (Å²) in [6, 6.07) is 1.68. The SMILES string of the molecule is N=C(N)c1ccnc(N2CCCCCCC2)n1. The first-order valence-corrected chi connectivity index (χ1v) is 6.20. The molecule has 0 bridgehead atoms. The predicted molar refractivity (Wildman–Crippen MR) is 68.3 cm³/mol. The number of nitrogens with one attached hydrogen (secondary N) is 1. The maximum atomic E-state index is 7.39. The van der Waals surface area contributed by atoms with E-state index in [-0.39, 0.29) is 5.84 Å². The highest BCUT2D eigenvalue weighted by atomic mass is 15.2. The van der Waals surface area contributed by atoms with E-state index in [9.17, 15) is 0 Å². The van der Waals surface area contributed by atoms with Gasteiger partial charge in [0.05, 0.1) is 0 Å². The zero-order chi connectivity index (χ0) is 12.1. The summed E-state index contributed by atoms with van der Waals surface area (Å²) >= 11 is 0. The Morgan fingerprint density at radius 2 is 1.82 bits per heavy atom. The van der Waals surface area contributed by atoms with Gasteiger partial charge in [0.1, 0.15) is 11.5 Å². The second kappa shape index (κ2) is 5.61. The topological polar surface area (TPSA) is 78.9 Å². The highest BCUT2D eigenvalue weighted by molar-refractivity contribution is 5.93. The summed E-state index contributed by atoms with van der Waals surface area (Å²) in [7, 11) is 0. The van der Waals surface area contributed by atoms with E-state index >= 15 is 0 Å². The molecule has 3 N–H and O–H groups in total. The maximum absolute atomic E-state index is 7.39. The zero-order valence-corrected chi connectivity index (χ0v) is 10.0. The summed E-state index contributed by atoms with van der Waals surface area (Å²) in [5, 5.41) is 7.39. The van der Waals surface area contributed by atoms with Gasteiger partial charge in [-0.15, -0.1) is 0 Å². The summed E-state index contributed by atoms with van der Waals surface area (Å²) in [6.07, 6.45) is 7.95. The van der Waals surface area contributed by atoms with Crippen LogP contribution >= 0.6 is 0 Å². The smallest absolute Gasteiger partial charge is 0.225 e. The minimum atomic E-state index is 0.000643. The molecule has 5 heteroatoms. The molecule has 0 aliphatic carbocycles. The molecule has 0 unspecified atom stereocenters. The average molecular weight is 233 g/mol. The Morgan fingerprint density at radius 3 is 2.47 bits per heavy atom. The molecule has 0 atom stereocenters. The largest absolute Gasteiger partial charge is 0.382 e. The molecule has 2 heterocycles. The predicted octanol–water partition coefficient (Wildman–Crippen LogP) is 1.53. The number of nitrogens with zero attached hydrogens (tertiary/aromatic N) is 3. The van der Waals surface area contributed by atoms with Crippen molar-refractivity contribution in [3.05, 3.63) is 18.0 Å². The molecule has 0 spiro atoms. The van der Waals surface area contributed by atoms with E-state index < -0.39 is 0 Å². The molecular formula is C12H19N5. The summed E-state index contributed by atoms with van der Waals surface area (Å²) < 4.78 is 0. The minimum absolute atomic E-state index is 0.000643. The Bertz CT molecular complexity index is 382. The Hall–Kier alpha value is -1.65. The van der Waals surface area contributed by atoms with Crippen LogP contribution in [0.1, 0.15) is 37.8 Å². The Balaban J connectivity index is 2.13. The number of hydrogen-bond donors (Lipinski definition) is 2. The molecular weight excluding hydrogens is 214 g/mol. The molecule has 0 saturated carbocycles. The number of aromatic nitrogens is 2. The van der Waals surface area contributed by atoms with Crippen molar-refractivity contribution in [2.24, 2.45) is 5.73 Å². The number of anilines is 1. The van der Waals surface area contributed by atoms with Crippen molar-refractivity contribution >= 4 is 11.8 Å². The van der Waals surface area contributed by atoms with Crippen LogP contribution in [-0.4, -0.2) is 28.9 Å². The van der Waals surface area contributed by atoms with E-state index in [4.69, 9.17) is 11.1 Å². The van der Waals surface area contributed by atoms with E-state index in [1.165, 1.54) is 32.1 Å². The number of nitrogen functional groups attached to an aromatic ring is 1. The van der Waals surface area contributed by atoms with Gasteiger partial charge in [-0.1, -0.05) is 19.3 Å². The lowest BCUT2D eigenvalue weighted by molar-refractivity contribution is 0.550. The minimum Gasteiger partial charge on any atom is -0.382 e. The monoisotopic (exact) mass is 233 g/mol. The standard InChI is InChI=1S/C12H19N5/c13-11(14)10-6-7-15-12(16-10)17-8-4-2-1-3-5-9-17/h6-7H,1-5,8-9H2,(H3,13,14). The molecule has 0 radical (unpaired) electrons. The van der Waals surface area contributed by atoms with Gasteiger partial charge in [-0.25, -0.2) is 9.97 Å². The molecule has 17 heavy (non-hydrogen) atoms. The van der Waals surface area contributed by atoms with Crippen molar-refractivity contribution in [1.82, 2.24) is 9.97 Å². The van der Waals surface area contributed by atoms with Crippen LogP contribution in [0.25, 0.3) is 0 Å². The average Bonchev–Trinajstić information content (AvgIpc) is 2.28. The normalized spacial score (nSPS) is 17.3. The number of nitrogens with two attached hydrogens (primary N) is 1. The molecule has 1 saturated heterocycles. The third kappa shape index (κ3) is 3.15. The summed E-state index contributed by atoms with van der Waals surface area (Å²) in [4.78, 5) is 10.8. The molecule has 92 valence electrons. The van der Waals surface area contributed by atoms with Crippen molar-refractivity contribution in [3.63, 3.8) is 0 Å². The zero-order valence-electron chi connectivity index (χ0n) is 10.0. The summed E-state index contributed by atoms with van der Waals surface area (Å²) in [6.45, 7) is 2.00. The lowest BCUT2D eigenvalue weighted by atomic mass is 10.1. The summed E-state index contributed by atoms with van der Waals surface area (Å²) in [5.74, 6) is 0.709. The van der Waals surface area contributed by atoms with Crippen LogP contribution in [0.2, 0.25) is 0 Å². The highest BCUT2D eigenvalue weighted by Gasteiger charge is 2.12. The van der Waals surface area contributed by atoms with Crippen LogP contribution in [0, 0.1) is 5.41 Å². The van der Waals surface area contributed by atoms with Gasteiger partial charge in [-0.05, 0) is 18.9 Å². The molecule has 0 aromatic carbocycles. The van der Waals surface area contributed by atoms with Gasteiger partial charge in [0.2, 0.25) is 5.95 Å². The third-order valence-corrected chi connectivity index (χ3v) is 3.06. The quantitative estimate of drug-likeness (QED) is 0.599. The lowest BCUT2D eigenvalue weighted by Gasteiger charge is -2.24. The van der Waals surface area contributed by atoms with Gasteiger partial charge in [-0.2, -0.15) is 0 Å². The number of rotatable bonds is 2. The molecule has 5 nitrogen and oxygen atoms in total. The second-order valence-corrected chi connectivity index (χ2v) is 4.41. The van der Waals surface area contributed by atoms with Gasteiger partial charge >= 0.3 is 0 Å². The fraction of sp³-hybridized carbons (Fsp3) is 0.583.